The van der Waals surface area contributed by atoms with Crippen LogP contribution >= 0.6 is 15.9 Å². The summed E-state index contributed by atoms with van der Waals surface area (Å²) < 4.78 is 39.5. The lowest BCUT2D eigenvalue weighted by Gasteiger charge is -2.08. The van der Waals surface area contributed by atoms with Crippen LogP contribution < -0.4 is 4.72 Å². The van der Waals surface area contributed by atoms with Crippen molar-refractivity contribution in [3.05, 3.63) is 52.8 Å². The van der Waals surface area contributed by atoms with Gasteiger partial charge in [-0.3, -0.25) is 4.72 Å². The molecule has 0 aliphatic rings. The van der Waals surface area contributed by atoms with E-state index in [1.165, 1.54) is 36.4 Å². The minimum atomic E-state index is -3.76. The summed E-state index contributed by atoms with van der Waals surface area (Å²) in [5.74, 6) is -0.504. The summed E-state index contributed by atoms with van der Waals surface area (Å²) in [5.41, 5.74) is 0.237. The van der Waals surface area contributed by atoms with Gasteiger partial charge in [0.05, 0.1) is 15.1 Å². The van der Waals surface area contributed by atoms with Crippen molar-refractivity contribution < 1.29 is 17.9 Å². The predicted molar refractivity (Wildman–Crippen MR) is 73.0 cm³/mol. The summed E-state index contributed by atoms with van der Waals surface area (Å²) in [6.45, 7) is 0. The maximum atomic E-state index is 13.0. The lowest BCUT2D eigenvalue weighted by Crippen LogP contribution is -2.12. The highest BCUT2D eigenvalue weighted by molar-refractivity contribution is 9.10. The average molecular weight is 346 g/mol. The first-order valence-corrected chi connectivity index (χ1v) is 7.43. The fourth-order valence-corrected chi connectivity index (χ4v) is 2.83. The lowest BCUT2D eigenvalue weighted by molar-refractivity contribution is 0.475. The van der Waals surface area contributed by atoms with E-state index >= 15 is 0 Å². The number of phenolic OH excluding ortho intramolecular Hbond substituents is 1. The van der Waals surface area contributed by atoms with E-state index in [2.05, 4.69) is 20.7 Å². The second kappa shape index (κ2) is 5.18. The van der Waals surface area contributed by atoms with Gasteiger partial charge in [0.2, 0.25) is 0 Å². The van der Waals surface area contributed by atoms with Gasteiger partial charge in [0.15, 0.2) is 0 Å². The van der Waals surface area contributed by atoms with Gasteiger partial charge in [-0.05, 0) is 58.4 Å². The van der Waals surface area contributed by atoms with Gasteiger partial charge >= 0.3 is 0 Å². The SMILES string of the molecule is O=S(=O)(Nc1ccc(F)c(Br)c1)c1ccc(O)cc1. The van der Waals surface area contributed by atoms with Crippen LogP contribution in [0, 0.1) is 5.82 Å². The van der Waals surface area contributed by atoms with E-state index in [0.29, 0.717) is 0 Å². The molecule has 0 saturated carbocycles. The van der Waals surface area contributed by atoms with Crippen LogP contribution in [0.4, 0.5) is 10.1 Å². The fraction of sp³-hybridized carbons (Fsp3) is 0. The molecule has 0 amide bonds. The summed E-state index contributed by atoms with van der Waals surface area (Å²) in [4.78, 5) is 0.00532. The smallest absolute Gasteiger partial charge is 0.261 e. The van der Waals surface area contributed by atoms with E-state index in [-0.39, 0.29) is 20.8 Å². The molecule has 0 fully saturated rings. The maximum absolute atomic E-state index is 13.0. The van der Waals surface area contributed by atoms with E-state index in [1.807, 2.05) is 0 Å². The van der Waals surface area contributed by atoms with Gasteiger partial charge in [-0.15, -0.1) is 0 Å². The molecule has 0 unspecified atom stereocenters. The summed E-state index contributed by atoms with van der Waals surface area (Å²) in [5, 5.41) is 9.12. The van der Waals surface area contributed by atoms with Gasteiger partial charge < -0.3 is 5.11 Å². The molecule has 0 aliphatic heterocycles. The minimum Gasteiger partial charge on any atom is -0.508 e. The third-order valence-electron chi connectivity index (χ3n) is 2.32. The van der Waals surface area contributed by atoms with Crippen LogP contribution in [0.3, 0.4) is 0 Å². The van der Waals surface area contributed by atoms with Crippen LogP contribution in [0.25, 0.3) is 0 Å². The first kappa shape index (κ1) is 13.8. The highest BCUT2D eigenvalue weighted by Gasteiger charge is 2.14. The Morgan fingerprint density at radius 1 is 1.11 bits per heavy atom. The van der Waals surface area contributed by atoms with Crippen LogP contribution in [-0.2, 0) is 10.0 Å². The molecule has 7 heteroatoms. The van der Waals surface area contributed by atoms with E-state index in [9.17, 15) is 12.8 Å². The van der Waals surface area contributed by atoms with Gasteiger partial charge in [0.25, 0.3) is 10.0 Å². The van der Waals surface area contributed by atoms with Crippen molar-refractivity contribution in [3.63, 3.8) is 0 Å². The molecule has 0 radical (unpaired) electrons. The van der Waals surface area contributed by atoms with E-state index in [1.54, 1.807) is 0 Å². The Bertz CT molecular complexity index is 701. The molecule has 0 heterocycles. The van der Waals surface area contributed by atoms with Crippen molar-refractivity contribution in [2.24, 2.45) is 0 Å². The molecule has 2 N–H and O–H groups in total. The van der Waals surface area contributed by atoms with Crippen LogP contribution in [0.1, 0.15) is 0 Å². The third kappa shape index (κ3) is 3.24. The molecule has 100 valence electrons. The van der Waals surface area contributed by atoms with Gasteiger partial charge in [0.1, 0.15) is 11.6 Å². The Kier molecular flexibility index (Phi) is 3.77. The number of halogens is 2. The number of sulfonamides is 1. The van der Waals surface area contributed by atoms with E-state index < -0.39 is 15.8 Å². The molecule has 4 nitrogen and oxygen atoms in total. The minimum absolute atomic E-state index is 0.00532. The summed E-state index contributed by atoms with van der Waals surface area (Å²) in [6, 6.07) is 8.89. The zero-order valence-corrected chi connectivity index (χ0v) is 11.9. The quantitative estimate of drug-likeness (QED) is 0.898. The number of benzene rings is 2. The molecular formula is C12H9BrFNO3S. The predicted octanol–water partition coefficient (Wildman–Crippen LogP) is 3.09. The molecule has 19 heavy (non-hydrogen) atoms. The van der Waals surface area contributed by atoms with Crippen molar-refractivity contribution in [3.8, 4) is 5.75 Å². The number of phenols is 1. The maximum Gasteiger partial charge on any atom is 0.261 e. The Labute approximate surface area is 118 Å². The molecule has 0 aliphatic carbocycles. The standard InChI is InChI=1S/C12H9BrFNO3S/c13-11-7-8(1-6-12(11)14)15-19(17,18)10-4-2-9(16)3-5-10/h1-7,15-16H. The van der Waals surface area contributed by atoms with Crippen LogP contribution in [0.5, 0.6) is 5.75 Å². The first-order chi connectivity index (χ1) is 8.88. The number of aromatic hydroxyl groups is 1. The van der Waals surface area contributed by atoms with Gasteiger partial charge in [-0.25, -0.2) is 12.8 Å². The average Bonchev–Trinajstić information content (AvgIpc) is 2.34. The largest absolute Gasteiger partial charge is 0.508 e. The van der Waals surface area contributed by atoms with Crippen LogP contribution in [-0.4, -0.2) is 13.5 Å². The van der Waals surface area contributed by atoms with Gasteiger partial charge in [-0.2, -0.15) is 0 Å². The zero-order valence-electron chi connectivity index (χ0n) is 9.47. The molecule has 0 spiro atoms. The van der Waals surface area contributed by atoms with Gasteiger partial charge in [0, 0.05) is 0 Å². The second-order valence-electron chi connectivity index (χ2n) is 3.73. The molecular weight excluding hydrogens is 337 g/mol. The monoisotopic (exact) mass is 345 g/mol. The third-order valence-corrected chi connectivity index (χ3v) is 4.32. The number of hydrogen-bond donors (Lipinski definition) is 2. The highest BCUT2D eigenvalue weighted by atomic mass is 79.9. The zero-order chi connectivity index (χ0) is 14.0. The number of rotatable bonds is 3. The summed E-state index contributed by atoms with van der Waals surface area (Å²) in [7, 11) is -3.76. The summed E-state index contributed by atoms with van der Waals surface area (Å²) in [6.07, 6.45) is 0. The topological polar surface area (TPSA) is 66.4 Å². The Balaban J connectivity index is 2.30. The van der Waals surface area contributed by atoms with Crippen molar-refractivity contribution in [2.75, 3.05) is 4.72 Å². The number of anilines is 1. The van der Waals surface area contributed by atoms with Crippen molar-refractivity contribution in [1.82, 2.24) is 0 Å². The fourth-order valence-electron chi connectivity index (χ4n) is 1.40. The summed E-state index contributed by atoms with van der Waals surface area (Å²) >= 11 is 2.98. The van der Waals surface area contributed by atoms with Crippen LogP contribution in [0.2, 0.25) is 0 Å². The first-order valence-electron chi connectivity index (χ1n) is 5.15. The van der Waals surface area contributed by atoms with Crippen molar-refractivity contribution >= 4 is 31.6 Å². The normalized spacial score (nSPS) is 11.3. The number of hydrogen-bond acceptors (Lipinski definition) is 3. The molecule has 0 atom stereocenters. The van der Waals surface area contributed by atoms with Crippen LogP contribution in [0.15, 0.2) is 51.8 Å². The number of nitrogens with one attached hydrogen (secondary N) is 1. The molecule has 2 aromatic rings. The molecule has 0 aromatic heterocycles. The van der Waals surface area contributed by atoms with Gasteiger partial charge in [-0.1, -0.05) is 0 Å². The Morgan fingerprint density at radius 3 is 2.32 bits per heavy atom. The lowest BCUT2D eigenvalue weighted by atomic mass is 10.3. The van der Waals surface area contributed by atoms with Crippen molar-refractivity contribution in [2.45, 2.75) is 4.90 Å². The molecule has 0 saturated heterocycles. The molecule has 0 bridgehead atoms. The van der Waals surface area contributed by atoms with E-state index in [0.717, 1.165) is 6.07 Å². The second-order valence-corrected chi connectivity index (χ2v) is 6.27. The Morgan fingerprint density at radius 2 is 1.74 bits per heavy atom. The van der Waals surface area contributed by atoms with Crippen molar-refractivity contribution in [1.29, 1.82) is 0 Å². The molecule has 2 aromatic carbocycles. The van der Waals surface area contributed by atoms with E-state index in [4.69, 9.17) is 5.11 Å². The Hall–Kier alpha value is -1.60. The molecule has 2 rings (SSSR count). The highest BCUT2D eigenvalue weighted by Crippen LogP contribution is 2.23.